The van der Waals surface area contributed by atoms with E-state index in [1.54, 1.807) is 6.92 Å². The second-order valence-corrected chi connectivity index (χ2v) is 2.58. The van der Waals surface area contributed by atoms with Gasteiger partial charge in [-0.25, -0.2) is 0 Å². The van der Waals surface area contributed by atoms with Crippen molar-refractivity contribution < 1.29 is 18.1 Å². The van der Waals surface area contributed by atoms with Crippen LogP contribution in [0, 0.1) is 6.92 Å². The fraction of sp³-hybridized carbons (Fsp3) is 0.571. The van der Waals surface area contributed by atoms with Crippen molar-refractivity contribution in [2.24, 2.45) is 0 Å². The summed E-state index contributed by atoms with van der Waals surface area (Å²) >= 11 is 0. The minimum absolute atomic E-state index is 0.0603. The summed E-state index contributed by atoms with van der Waals surface area (Å²) in [4.78, 5) is 14.2. The molecular formula is C7H9F2N3O2. The molecule has 1 amide bonds. The summed E-state index contributed by atoms with van der Waals surface area (Å²) in [6.07, 6.45) is -2.74. The van der Waals surface area contributed by atoms with Crippen molar-refractivity contribution in [3.05, 3.63) is 11.7 Å². The molecule has 1 aromatic rings. The van der Waals surface area contributed by atoms with Gasteiger partial charge < -0.3 is 9.84 Å². The molecule has 0 aliphatic heterocycles. The Morgan fingerprint density at radius 1 is 1.64 bits per heavy atom. The van der Waals surface area contributed by atoms with Gasteiger partial charge in [-0.15, -0.1) is 0 Å². The summed E-state index contributed by atoms with van der Waals surface area (Å²) in [5, 5.41) is 5.53. The highest BCUT2D eigenvalue weighted by molar-refractivity contribution is 5.78. The number of carbonyl (C=O) groups is 1. The van der Waals surface area contributed by atoms with E-state index in [0.717, 1.165) is 0 Å². The second kappa shape index (κ2) is 4.64. The summed E-state index contributed by atoms with van der Waals surface area (Å²) in [6, 6.07) is 0. The van der Waals surface area contributed by atoms with Crippen molar-refractivity contribution in [2.45, 2.75) is 19.8 Å². The molecule has 14 heavy (non-hydrogen) atoms. The lowest BCUT2D eigenvalue weighted by Gasteiger charge is -2.00. The van der Waals surface area contributed by atoms with E-state index in [-0.39, 0.29) is 13.0 Å². The van der Waals surface area contributed by atoms with Gasteiger partial charge in [0.2, 0.25) is 5.89 Å². The van der Waals surface area contributed by atoms with E-state index in [4.69, 9.17) is 4.52 Å². The number of amides is 1. The number of hydrogen-bond acceptors (Lipinski definition) is 4. The number of aromatic nitrogens is 2. The standard InChI is InChI=1S/C7H9F2N3O2/c1-4-11-5(14-12-4)2-3-10-7(13)6(8)9/h6H,2-3H2,1H3,(H,10,13). The van der Waals surface area contributed by atoms with Crippen LogP contribution >= 0.6 is 0 Å². The third-order valence-corrected chi connectivity index (χ3v) is 1.41. The van der Waals surface area contributed by atoms with Crippen LogP contribution in [0.5, 0.6) is 0 Å². The zero-order valence-corrected chi connectivity index (χ0v) is 7.46. The summed E-state index contributed by atoms with van der Waals surface area (Å²) in [7, 11) is 0. The van der Waals surface area contributed by atoms with Gasteiger partial charge in [-0.1, -0.05) is 5.16 Å². The van der Waals surface area contributed by atoms with E-state index in [9.17, 15) is 13.6 Å². The van der Waals surface area contributed by atoms with Gasteiger partial charge in [0.25, 0.3) is 5.91 Å². The number of halogens is 2. The van der Waals surface area contributed by atoms with Gasteiger partial charge in [0.15, 0.2) is 5.82 Å². The molecule has 0 unspecified atom stereocenters. The number of rotatable bonds is 4. The Kier molecular flexibility index (Phi) is 3.49. The van der Waals surface area contributed by atoms with Crippen LogP contribution in [-0.2, 0) is 11.2 Å². The highest BCUT2D eigenvalue weighted by Crippen LogP contribution is 1.96. The van der Waals surface area contributed by atoms with Crippen molar-refractivity contribution in [1.82, 2.24) is 15.5 Å². The van der Waals surface area contributed by atoms with Crippen molar-refractivity contribution >= 4 is 5.91 Å². The molecule has 1 aromatic heterocycles. The summed E-state index contributed by atoms with van der Waals surface area (Å²) < 4.78 is 28.1. The van der Waals surface area contributed by atoms with E-state index in [1.165, 1.54) is 0 Å². The van der Waals surface area contributed by atoms with Crippen LogP contribution < -0.4 is 5.32 Å². The van der Waals surface area contributed by atoms with Gasteiger partial charge in [-0.3, -0.25) is 4.79 Å². The molecular weight excluding hydrogens is 196 g/mol. The molecule has 78 valence electrons. The maximum absolute atomic E-state index is 11.7. The molecule has 0 atom stereocenters. The van der Waals surface area contributed by atoms with E-state index in [2.05, 4.69) is 10.1 Å². The number of alkyl halides is 2. The fourth-order valence-electron chi connectivity index (χ4n) is 0.811. The number of hydrogen-bond donors (Lipinski definition) is 1. The largest absolute Gasteiger partial charge is 0.351 e. The van der Waals surface area contributed by atoms with Gasteiger partial charge >= 0.3 is 6.43 Å². The van der Waals surface area contributed by atoms with E-state index in [0.29, 0.717) is 11.7 Å². The highest BCUT2D eigenvalue weighted by Gasteiger charge is 2.14. The molecule has 1 heterocycles. The molecule has 7 heteroatoms. The molecule has 0 aliphatic carbocycles. The molecule has 0 saturated carbocycles. The molecule has 1 rings (SSSR count). The Bertz CT molecular complexity index is 314. The maximum Gasteiger partial charge on any atom is 0.315 e. The molecule has 0 aromatic carbocycles. The maximum atomic E-state index is 11.7. The average Bonchev–Trinajstić information content (AvgIpc) is 2.51. The first-order valence-electron chi connectivity index (χ1n) is 3.94. The molecule has 0 aliphatic rings. The lowest BCUT2D eigenvalue weighted by molar-refractivity contribution is -0.131. The van der Waals surface area contributed by atoms with Crippen LogP contribution in [0.4, 0.5) is 8.78 Å². The SMILES string of the molecule is Cc1noc(CCNC(=O)C(F)F)n1. The Balaban J connectivity index is 2.25. The average molecular weight is 205 g/mol. The third kappa shape index (κ3) is 3.08. The Labute approximate surface area is 78.5 Å². The van der Waals surface area contributed by atoms with E-state index < -0.39 is 12.3 Å². The summed E-state index contributed by atoms with van der Waals surface area (Å²) in [6.45, 7) is 1.70. The molecule has 5 nitrogen and oxygen atoms in total. The van der Waals surface area contributed by atoms with Gasteiger partial charge in [-0.05, 0) is 6.92 Å². The van der Waals surface area contributed by atoms with Crippen LogP contribution in [0.15, 0.2) is 4.52 Å². The quantitative estimate of drug-likeness (QED) is 0.767. The minimum atomic E-state index is -2.99. The van der Waals surface area contributed by atoms with Crippen LogP contribution in [0.3, 0.4) is 0 Å². The number of carbonyl (C=O) groups excluding carboxylic acids is 1. The van der Waals surface area contributed by atoms with E-state index >= 15 is 0 Å². The zero-order chi connectivity index (χ0) is 10.6. The van der Waals surface area contributed by atoms with Crippen molar-refractivity contribution in [1.29, 1.82) is 0 Å². The smallest absolute Gasteiger partial charge is 0.315 e. The van der Waals surface area contributed by atoms with Crippen LogP contribution in [-0.4, -0.2) is 29.0 Å². The Hall–Kier alpha value is -1.53. The van der Waals surface area contributed by atoms with Crippen LogP contribution in [0.25, 0.3) is 0 Å². The fourth-order valence-corrected chi connectivity index (χ4v) is 0.811. The zero-order valence-electron chi connectivity index (χ0n) is 7.46. The summed E-state index contributed by atoms with van der Waals surface area (Å²) in [5.41, 5.74) is 0. The normalized spacial score (nSPS) is 10.6. The molecule has 0 radical (unpaired) electrons. The lowest BCUT2D eigenvalue weighted by Crippen LogP contribution is -2.31. The van der Waals surface area contributed by atoms with Crippen LogP contribution in [0.2, 0.25) is 0 Å². The highest BCUT2D eigenvalue weighted by atomic mass is 19.3. The molecule has 1 N–H and O–H groups in total. The molecule has 0 saturated heterocycles. The first-order chi connectivity index (χ1) is 6.59. The molecule has 0 spiro atoms. The second-order valence-electron chi connectivity index (χ2n) is 2.58. The number of nitrogens with zero attached hydrogens (tertiary/aromatic N) is 2. The first kappa shape index (κ1) is 10.6. The van der Waals surface area contributed by atoms with Crippen molar-refractivity contribution in [2.75, 3.05) is 6.54 Å². The number of aryl methyl sites for hydroxylation is 1. The topological polar surface area (TPSA) is 68.0 Å². The van der Waals surface area contributed by atoms with Gasteiger partial charge in [0.1, 0.15) is 0 Å². The molecule has 0 bridgehead atoms. The Morgan fingerprint density at radius 2 is 2.36 bits per heavy atom. The Morgan fingerprint density at radius 3 is 2.86 bits per heavy atom. The summed E-state index contributed by atoms with van der Waals surface area (Å²) in [5.74, 6) is -0.501. The van der Waals surface area contributed by atoms with Crippen molar-refractivity contribution in [3.8, 4) is 0 Å². The monoisotopic (exact) mass is 205 g/mol. The lowest BCUT2D eigenvalue weighted by atomic mass is 10.4. The van der Waals surface area contributed by atoms with Crippen molar-refractivity contribution in [3.63, 3.8) is 0 Å². The minimum Gasteiger partial charge on any atom is -0.351 e. The molecule has 0 fully saturated rings. The van der Waals surface area contributed by atoms with Crippen LogP contribution in [0.1, 0.15) is 11.7 Å². The third-order valence-electron chi connectivity index (χ3n) is 1.41. The van der Waals surface area contributed by atoms with Gasteiger partial charge in [-0.2, -0.15) is 13.8 Å². The van der Waals surface area contributed by atoms with Gasteiger partial charge in [0, 0.05) is 13.0 Å². The van der Waals surface area contributed by atoms with Gasteiger partial charge in [0.05, 0.1) is 0 Å². The van der Waals surface area contributed by atoms with E-state index in [1.807, 2.05) is 5.32 Å². The first-order valence-corrected chi connectivity index (χ1v) is 3.94. The predicted octanol–water partition coefficient (Wildman–Crippen LogP) is 0.302. The predicted molar refractivity (Wildman–Crippen MR) is 41.8 cm³/mol. The number of nitrogens with one attached hydrogen (secondary N) is 1.